The third-order valence-corrected chi connectivity index (χ3v) is 4.42. The molecule has 25 heavy (non-hydrogen) atoms. The summed E-state index contributed by atoms with van der Waals surface area (Å²) in [6, 6.07) is 13.2. The Morgan fingerprint density at radius 3 is 2.16 bits per heavy atom. The van der Waals surface area contributed by atoms with Crippen molar-refractivity contribution in [3.05, 3.63) is 60.2 Å². The number of para-hydroxylation sites is 1. The highest BCUT2D eigenvalue weighted by Gasteiger charge is 2.19. The van der Waals surface area contributed by atoms with Crippen LogP contribution in [0.5, 0.6) is 5.75 Å². The van der Waals surface area contributed by atoms with Gasteiger partial charge in [0.15, 0.2) is 6.23 Å². The fourth-order valence-electron chi connectivity index (χ4n) is 2.01. The number of carbonyl (C=O) groups is 2. The minimum atomic E-state index is -4.04. The lowest BCUT2D eigenvalue weighted by atomic mass is 10.2. The van der Waals surface area contributed by atoms with Crippen molar-refractivity contribution >= 4 is 22.0 Å². The first-order valence-electron chi connectivity index (χ1n) is 7.19. The SMILES string of the molecule is CC(=O)NC(Oc1ccccc1)c1ccc(S(=O)(=O)NC(N)=O)cc1. The van der Waals surface area contributed by atoms with Gasteiger partial charge in [0.25, 0.3) is 10.0 Å². The maximum absolute atomic E-state index is 11.9. The summed E-state index contributed by atoms with van der Waals surface area (Å²) in [5.41, 5.74) is 5.36. The van der Waals surface area contributed by atoms with Crippen LogP contribution in [-0.4, -0.2) is 20.4 Å². The van der Waals surface area contributed by atoms with Gasteiger partial charge in [0.05, 0.1) is 4.90 Å². The molecule has 132 valence electrons. The van der Waals surface area contributed by atoms with Crippen LogP contribution in [0, 0.1) is 0 Å². The summed E-state index contributed by atoms with van der Waals surface area (Å²) in [7, 11) is -4.04. The van der Waals surface area contributed by atoms with Crippen LogP contribution in [-0.2, 0) is 14.8 Å². The molecule has 4 N–H and O–H groups in total. The molecule has 0 radical (unpaired) electrons. The van der Waals surface area contributed by atoms with E-state index in [0.717, 1.165) is 0 Å². The second kappa shape index (κ2) is 7.67. The third kappa shape index (κ3) is 5.21. The second-order valence-electron chi connectivity index (χ2n) is 5.05. The largest absolute Gasteiger partial charge is 0.466 e. The lowest BCUT2D eigenvalue weighted by molar-refractivity contribution is -0.121. The molecule has 0 aliphatic rings. The Morgan fingerprint density at radius 1 is 1.04 bits per heavy atom. The van der Waals surface area contributed by atoms with Gasteiger partial charge in [-0.15, -0.1) is 0 Å². The first kappa shape index (κ1) is 18.3. The zero-order chi connectivity index (χ0) is 18.4. The molecule has 0 aliphatic heterocycles. The fourth-order valence-corrected chi connectivity index (χ4v) is 2.89. The van der Waals surface area contributed by atoms with Crippen LogP contribution < -0.4 is 20.5 Å². The molecule has 0 saturated carbocycles. The molecular weight excluding hydrogens is 346 g/mol. The smallest absolute Gasteiger partial charge is 0.326 e. The van der Waals surface area contributed by atoms with Gasteiger partial charge < -0.3 is 15.8 Å². The summed E-state index contributed by atoms with van der Waals surface area (Å²) in [4.78, 5) is 22.0. The van der Waals surface area contributed by atoms with Gasteiger partial charge >= 0.3 is 6.03 Å². The van der Waals surface area contributed by atoms with Gasteiger partial charge in [-0.05, 0) is 24.3 Å². The number of amides is 3. The van der Waals surface area contributed by atoms with Gasteiger partial charge in [-0.25, -0.2) is 17.9 Å². The number of urea groups is 1. The van der Waals surface area contributed by atoms with Crippen molar-refractivity contribution in [1.29, 1.82) is 0 Å². The summed E-state index contributed by atoms with van der Waals surface area (Å²) in [6.07, 6.45) is -0.805. The number of carbonyl (C=O) groups excluding carboxylic acids is 2. The molecule has 2 aromatic rings. The maximum atomic E-state index is 11.9. The first-order chi connectivity index (χ1) is 11.8. The van der Waals surface area contributed by atoms with Gasteiger partial charge in [-0.2, -0.15) is 0 Å². The van der Waals surface area contributed by atoms with Crippen molar-refractivity contribution in [2.24, 2.45) is 5.73 Å². The zero-order valence-corrected chi connectivity index (χ0v) is 14.1. The van der Waals surface area contributed by atoms with Crippen molar-refractivity contribution in [2.45, 2.75) is 18.0 Å². The van der Waals surface area contributed by atoms with Gasteiger partial charge in [-0.1, -0.05) is 30.3 Å². The quantitative estimate of drug-likeness (QED) is 0.666. The van der Waals surface area contributed by atoms with E-state index in [0.29, 0.717) is 11.3 Å². The summed E-state index contributed by atoms with van der Waals surface area (Å²) < 4.78 is 31.2. The Labute approximate surface area is 145 Å². The lowest BCUT2D eigenvalue weighted by Crippen LogP contribution is -2.35. The molecule has 8 nitrogen and oxygen atoms in total. The van der Waals surface area contributed by atoms with E-state index in [1.807, 2.05) is 6.07 Å². The molecule has 0 fully saturated rings. The zero-order valence-electron chi connectivity index (χ0n) is 13.3. The molecular formula is C16H17N3O5S. The summed E-state index contributed by atoms with van der Waals surface area (Å²) in [5.74, 6) is 0.223. The van der Waals surface area contributed by atoms with E-state index in [4.69, 9.17) is 10.5 Å². The van der Waals surface area contributed by atoms with Crippen LogP contribution in [0.2, 0.25) is 0 Å². The highest BCUT2D eigenvalue weighted by Crippen LogP contribution is 2.21. The Kier molecular flexibility index (Phi) is 5.60. The fraction of sp³-hybridized carbons (Fsp3) is 0.125. The maximum Gasteiger partial charge on any atom is 0.326 e. The highest BCUT2D eigenvalue weighted by atomic mass is 32.2. The Balaban J connectivity index is 2.26. The van der Waals surface area contributed by atoms with Gasteiger partial charge in [0, 0.05) is 12.5 Å². The van der Waals surface area contributed by atoms with Crippen molar-refractivity contribution in [3.8, 4) is 5.75 Å². The number of hydrogen-bond donors (Lipinski definition) is 3. The van der Waals surface area contributed by atoms with E-state index in [-0.39, 0.29) is 10.8 Å². The molecule has 0 saturated heterocycles. The molecule has 0 spiro atoms. The molecule has 0 aliphatic carbocycles. The monoisotopic (exact) mass is 363 g/mol. The van der Waals surface area contributed by atoms with Crippen LogP contribution in [0.15, 0.2) is 59.5 Å². The van der Waals surface area contributed by atoms with E-state index in [2.05, 4.69) is 5.32 Å². The van der Waals surface area contributed by atoms with Crippen molar-refractivity contribution < 1.29 is 22.7 Å². The van der Waals surface area contributed by atoms with Crippen LogP contribution in [0.25, 0.3) is 0 Å². The topological polar surface area (TPSA) is 128 Å². The van der Waals surface area contributed by atoms with E-state index in [1.54, 1.807) is 29.0 Å². The summed E-state index contributed by atoms with van der Waals surface area (Å²) in [6.45, 7) is 1.34. The van der Waals surface area contributed by atoms with Gasteiger partial charge in [0.2, 0.25) is 5.91 Å². The number of nitrogens with one attached hydrogen (secondary N) is 2. The van der Waals surface area contributed by atoms with E-state index in [1.165, 1.54) is 31.2 Å². The van der Waals surface area contributed by atoms with Crippen LogP contribution in [0.3, 0.4) is 0 Å². The minimum absolute atomic E-state index is 0.142. The highest BCUT2D eigenvalue weighted by molar-refractivity contribution is 7.90. The molecule has 0 aromatic heterocycles. The van der Waals surface area contributed by atoms with E-state index < -0.39 is 22.3 Å². The number of hydrogen-bond acceptors (Lipinski definition) is 5. The predicted molar refractivity (Wildman–Crippen MR) is 90.0 cm³/mol. The van der Waals surface area contributed by atoms with Crippen molar-refractivity contribution in [3.63, 3.8) is 0 Å². The van der Waals surface area contributed by atoms with Gasteiger partial charge in [-0.3, -0.25) is 4.79 Å². The molecule has 2 rings (SSSR count). The average molecular weight is 363 g/mol. The Hall–Kier alpha value is -3.07. The number of benzene rings is 2. The Morgan fingerprint density at radius 2 is 1.64 bits per heavy atom. The minimum Gasteiger partial charge on any atom is -0.466 e. The van der Waals surface area contributed by atoms with Crippen LogP contribution in [0.1, 0.15) is 18.7 Å². The predicted octanol–water partition coefficient (Wildman–Crippen LogP) is 1.26. The number of sulfonamides is 1. The van der Waals surface area contributed by atoms with Crippen LogP contribution >= 0.6 is 0 Å². The van der Waals surface area contributed by atoms with Crippen molar-refractivity contribution in [1.82, 2.24) is 10.0 Å². The molecule has 2 aromatic carbocycles. The molecule has 3 amide bonds. The summed E-state index contributed by atoms with van der Waals surface area (Å²) in [5, 5.41) is 2.63. The second-order valence-corrected chi connectivity index (χ2v) is 6.73. The van der Waals surface area contributed by atoms with Crippen LogP contribution in [0.4, 0.5) is 4.79 Å². The van der Waals surface area contributed by atoms with Gasteiger partial charge in [0.1, 0.15) is 5.75 Å². The van der Waals surface area contributed by atoms with Crippen molar-refractivity contribution in [2.75, 3.05) is 0 Å². The normalized spacial score (nSPS) is 12.0. The number of ether oxygens (including phenoxy) is 1. The standard InChI is InChI=1S/C16H17N3O5S/c1-11(20)18-15(24-13-5-3-2-4-6-13)12-7-9-14(10-8-12)25(22,23)19-16(17)21/h2-10,15H,1H3,(H,18,20)(H3,17,19,21). The third-order valence-electron chi connectivity index (χ3n) is 3.06. The van der Waals surface area contributed by atoms with E-state index in [9.17, 15) is 18.0 Å². The number of nitrogens with two attached hydrogens (primary N) is 1. The van der Waals surface area contributed by atoms with E-state index >= 15 is 0 Å². The molecule has 0 bridgehead atoms. The molecule has 1 unspecified atom stereocenters. The summed E-state index contributed by atoms with van der Waals surface area (Å²) >= 11 is 0. The lowest BCUT2D eigenvalue weighted by Gasteiger charge is -2.20. The number of rotatable bonds is 6. The molecule has 0 heterocycles. The Bertz CT molecular complexity index is 851. The molecule has 9 heteroatoms. The number of primary amides is 1. The molecule has 1 atom stereocenters. The first-order valence-corrected chi connectivity index (χ1v) is 8.67. The average Bonchev–Trinajstić information content (AvgIpc) is 2.54.